The van der Waals surface area contributed by atoms with Crippen LogP contribution in [0.25, 0.3) is 0 Å². The Kier molecular flexibility index (Phi) is 3.33. The molecule has 1 spiro atoms. The lowest BCUT2D eigenvalue weighted by Crippen LogP contribution is -2.64. The number of amides is 4. The minimum Gasteiger partial charge on any atom is -0.276 e. The maximum atomic E-state index is 12.8. The first-order chi connectivity index (χ1) is 9.65. The summed E-state index contributed by atoms with van der Waals surface area (Å²) in [5, 5.41) is 5.93. The number of nitrogens with zero attached hydrogens (tertiary/aromatic N) is 1. The van der Waals surface area contributed by atoms with Crippen LogP contribution >= 0.6 is 11.3 Å². The molecule has 5 nitrogen and oxygen atoms in total. The van der Waals surface area contributed by atoms with Crippen molar-refractivity contribution in [2.24, 2.45) is 5.41 Å². The molecule has 3 rings (SSSR count). The molecule has 2 heterocycles. The third-order valence-corrected chi connectivity index (χ3v) is 4.86. The molecule has 1 N–H and O–H groups in total. The Balaban J connectivity index is 2.00. The van der Waals surface area contributed by atoms with Crippen LogP contribution < -0.4 is 10.2 Å². The minimum absolute atomic E-state index is 0.355. The average Bonchev–Trinajstić information content (AvgIpc) is 2.81. The fourth-order valence-corrected chi connectivity index (χ4v) is 3.69. The van der Waals surface area contributed by atoms with E-state index in [1.54, 1.807) is 11.4 Å². The fraction of sp³-hybridized carbons (Fsp3) is 0.500. The van der Waals surface area contributed by atoms with E-state index >= 15 is 0 Å². The molecule has 1 aromatic rings. The van der Waals surface area contributed by atoms with Gasteiger partial charge in [0.25, 0.3) is 5.91 Å². The Bertz CT molecular complexity index is 545. The Morgan fingerprint density at radius 2 is 1.80 bits per heavy atom. The average molecular weight is 292 g/mol. The van der Waals surface area contributed by atoms with E-state index in [1.165, 1.54) is 11.3 Å². The molecular weight excluding hydrogens is 276 g/mol. The van der Waals surface area contributed by atoms with Gasteiger partial charge in [-0.25, -0.2) is 9.69 Å². The predicted molar refractivity (Wildman–Crippen MR) is 75.5 cm³/mol. The van der Waals surface area contributed by atoms with E-state index in [0.717, 1.165) is 30.6 Å². The van der Waals surface area contributed by atoms with Gasteiger partial charge in [-0.15, -0.1) is 0 Å². The van der Waals surface area contributed by atoms with Crippen molar-refractivity contribution in [3.05, 3.63) is 16.8 Å². The van der Waals surface area contributed by atoms with E-state index in [9.17, 15) is 14.4 Å². The van der Waals surface area contributed by atoms with E-state index in [-0.39, 0.29) is 5.91 Å². The zero-order valence-electron chi connectivity index (χ0n) is 11.1. The molecule has 106 valence electrons. The molecule has 1 saturated carbocycles. The molecule has 1 aromatic heterocycles. The van der Waals surface area contributed by atoms with Crippen LogP contribution in [-0.4, -0.2) is 17.8 Å². The van der Waals surface area contributed by atoms with Gasteiger partial charge in [0, 0.05) is 5.38 Å². The minimum atomic E-state index is -1.05. The molecule has 0 unspecified atom stereocenters. The van der Waals surface area contributed by atoms with E-state index in [4.69, 9.17) is 0 Å². The number of anilines is 1. The lowest BCUT2D eigenvalue weighted by Gasteiger charge is -2.38. The molecule has 1 saturated heterocycles. The molecular formula is C14H16N2O3S. The number of urea groups is 1. The van der Waals surface area contributed by atoms with Gasteiger partial charge in [0.2, 0.25) is 5.91 Å². The van der Waals surface area contributed by atoms with E-state index in [1.807, 2.05) is 5.38 Å². The van der Waals surface area contributed by atoms with Gasteiger partial charge in [0.1, 0.15) is 5.41 Å². The third kappa shape index (κ3) is 1.95. The molecule has 2 fully saturated rings. The maximum Gasteiger partial charge on any atom is 0.335 e. The second kappa shape index (κ2) is 5.01. The Morgan fingerprint density at radius 1 is 1.10 bits per heavy atom. The fourth-order valence-electron chi connectivity index (χ4n) is 3.07. The van der Waals surface area contributed by atoms with E-state index < -0.39 is 17.4 Å². The second-order valence-electron chi connectivity index (χ2n) is 5.38. The Labute approximate surface area is 121 Å². The molecule has 0 bridgehead atoms. The zero-order chi connectivity index (χ0) is 14.2. The molecule has 6 heteroatoms. The van der Waals surface area contributed by atoms with Gasteiger partial charge in [0.05, 0.1) is 5.69 Å². The summed E-state index contributed by atoms with van der Waals surface area (Å²) in [7, 11) is 0. The van der Waals surface area contributed by atoms with Gasteiger partial charge in [-0.3, -0.25) is 14.9 Å². The molecule has 0 radical (unpaired) electrons. The van der Waals surface area contributed by atoms with Crippen molar-refractivity contribution in [3.8, 4) is 0 Å². The lowest BCUT2D eigenvalue weighted by atomic mass is 9.77. The van der Waals surface area contributed by atoms with Gasteiger partial charge in [0.15, 0.2) is 0 Å². The summed E-state index contributed by atoms with van der Waals surface area (Å²) in [5.74, 6) is -0.771. The summed E-state index contributed by atoms with van der Waals surface area (Å²) >= 11 is 1.42. The highest BCUT2D eigenvalue weighted by atomic mass is 32.1. The Morgan fingerprint density at radius 3 is 2.40 bits per heavy atom. The SMILES string of the molecule is O=C1NC(=O)C2(CCCCCC2)C(=O)N1c1ccsc1. The van der Waals surface area contributed by atoms with Crippen molar-refractivity contribution in [3.63, 3.8) is 0 Å². The normalized spacial score (nSPS) is 22.8. The monoisotopic (exact) mass is 292 g/mol. The molecule has 0 aromatic carbocycles. The summed E-state index contributed by atoms with van der Waals surface area (Å²) in [6.45, 7) is 0. The number of thiophene rings is 1. The van der Waals surface area contributed by atoms with Crippen LogP contribution in [0.5, 0.6) is 0 Å². The number of nitrogens with one attached hydrogen (secondary N) is 1. The lowest BCUT2D eigenvalue weighted by molar-refractivity contribution is -0.143. The van der Waals surface area contributed by atoms with Crippen molar-refractivity contribution in [1.82, 2.24) is 5.32 Å². The van der Waals surface area contributed by atoms with E-state index in [0.29, 0.717) is 18.5 Å². The summed E-state index contributed by atoms with van der Waals surface area (Å²) in [6, 6.07) is 1.09. The number of rotatable bonds is 1. The summed E-state index contributed by atoms with van der Waals surface area (Å²) < 4.78 is 0. The highest BCUT2D eigenvalue weighted by Gasteiger charge is 2.53. The highest BCUT2D eigenvalue weighted by molar-refractivity contribution is 7.08. The Hall–Kier alpha value is -1.69. The molecule has 4 amide bonds. The summed E-state index contributed by atoms with van der Waals surface area (Å²) in [5.41, 5.74) is -0.500. The number of hydrogen-bond donors (Lipinski definition) is 1. The number of carbonyl (C=O) groups is 3. The van der Waals surface area contributed by atoms with E-state index in [2.05, 4.69) is 5.32 Å². The topological polar surface area (TPSA) is 66.5 Å². The number of carbonyl (C=O) groups excluding carboxylic acids is 3. The van der Waals surface area contributed by atoms with Crippen LogP contribution in [0.15, 0.2) is 16.8 Å². The molecule has 2 aliphatic rings. The number of barbiturate groups is 1. The van der Waals surface area contributed by atoms with Crippen molar-refractivity contribution in [2.75, 3.05) is 4.90 Å². The van der Waals surface area contributed by atoms with Gasteiger partial charge < -0.3 is 0 Å². The first kappa shape index (κ1) is 13.3. The van der Waals surface area contributed by atoms with Crippen LogP contribution in [0.2, 0.25) is 0 Å². The smallest absolute Gasteiger partial charge is 0.276 e. The number of hydrogen-bond acceptors (Lipinski definition) is 4. The summed E-state index contributed by atoms with van der Waals surface area (Å²) in [4.78, 5) is 38.2. The third-order valence-electron chi connectivity index (χ3n) is 4.19. The van der Waals surface area contributed by atoms with Gasteiger partial charge in [-0.1, -0.05) is 25.7 Å². The van der Waals surface area contributed by atoms with Crippen molar-refractivity contribution in [2.45, 2.75) is 38.5 Å². The first-order valence-electron chi connectivity index (χ1n) is 6.87. The van der Waals surface area contributed by atoms with Crippen LogP contribution in [-0.2, 0) is 9.59 Å². The molecule has 20 heavy (non-hydrogen) atoms. The van der Waals surface area contributed by atoms with Crippen LogP contribution in [0, 0.1) is 5.41 Å². The maximum absolute atomic E-state index is 12.8. The number of imide groups is 2. The van der Waals surface area contributed by atoms with Crippen molar-refractivity contribution < 1.29 is 14.4 Å². The molecule has 0 atom stereocenters. The standard InChI is InChI=1S/C14H16N2O3S/c17-11-14(6-3-1-2-4-7-14)12(18)16(13(19)15-11)10-5-8-20-9-10/h5,8-9H,1-4,6-7H2,(H,15,17,19). The van der Waals surface area contributed by atoms with Crippen molar-refractivity contribution in [1.29, 1.82) is 0 Å². The molecule has 1 aliphatic carbocycles. The predicted octanol–water partition coefficient (Wildman–Crippen LogP) is 2.67. The van der Waals surface area contributed by atoms with Gasteiger partial charge >= 0.3 is 6.03 Å². The quantitative estimate of drug-likeness (QED) is 0.809. The summed E-state index contributed by atoms with van der Waals surface area (Å²) in [6.07, 6.45) is 4.84. The van der Waals surface area contributed by atoms with Crippen LogP contribution in [0.3, 0.4) is 0 Å². The second-order valence-corrected chi connectivity index (χ2v) is 6.16. The van der Waals surface area contributed by atoms with Crippen LogP contribution in [0.1, 0.15) is 38.5 Å². The molecule has 1 aliphatic heterocycles. The van der Waals surface area contributed by atoms with Crippen molar-refractivity contribution >= 4 is 34.9 Å². The highest BCUT2D eigenvalue weighted by Crippen LogP contribution is 2.40. The first-order valence-corrected chi connectivity index (χ1v) is 7.82. The van der Waals surface area contributed by atoms with Gasteiger partial charge in [-0.05, 0) is 24.3 Å². The van der Waals surface area contributed by atoms with Gasteiger partial charge in [-0.2, -0.15) is 11.3 Å². The van der Waals surface area contributed by atoms with Crippen LogP contribution in [0.4, 0.5) is 10.5 Å². The zero-order valence-corrected chi connectivity index (χ0v) is 11.9. The largest absolute Gasteiger partial charge is 0.335 e.